The molecule has 0 radical (unpaired) electrons. The summed E-state index contributed by atoms with van der Waals surface area (Å²) in [4.78, 5) is 13.5. The summed E-state index contributed by atoms with van der Waals surface area (Å²) in [5.41, 5.74) is 3.78. The first kappa shape index (κ1) is 26.4. The van der Waals surface area contributed by atoms with Gasteiger partial charge in [-0.15, -0.1) is 0 Å². The van der Waals surface area contributed by atoms with E-state index in [1.807, 2.05) is 25.1 Å². The van der Waals surface area contributed by atoms with Crippen molar-refractivity contribution in [3.8, 4) is 11.6 Å². The summed E-state index contributed by atoms with van der Waals surface area (Å²) in [5.74, 6) is 2.36. The van der Waals surface area contributed by atoms with Gasteiger partial charge in [0.05, 0.1) is 11.6 Å². The second-order valence-corrected chi connectivity index (χ2v) is 9.78. The first-order chi connectivity index (χ1) is 18.0. The maximum atomic E-state index is 6.57. The number of aryl methyl sites for hydroxylation is 1. The zero-order chi connectivity index (χ0) is 26.2. The van der Waals surface area contributed by atoms with E-state index >= 15 is 0 Å². The van der Waals surface area contributed by atoms with Gasteiger partial charge >= 0.3 is 0 Å². The zero-order valence-electron chi connectivity index (χ0n) is 22.3. The van der Waals surface area contributed by atoms with Crippen molar-refractivity contribution in [1.29, 1.82) is 0 Å². The van der Waals surface area contributed by atoms with Crippen molar-refractivity contribution in [1.82, 2.24) is 15.6 Å². The Kier molecular flexibility index (Phi) is 8.90. The number of pyridine rings is 1. The highest BCUT2D eigenvalue weighted by Gasteiger charge is 2.17. The monoisotopic (exact) mass is 498 g/mol. The molecule has 3 N–H and O–H groups in total. The first-order valence-corrected chi connectivity index (χ1v) is 13.1. The summed E-state index contributed by atoms with van der Waals surface area (Å²) in [6.45, 7) is 15.0. The van der Waals surface area contributed by atoms with Crippen LogP contribution in [0.1, 0.15) is 44.7 Å². The number of nitrogens with zero attached hydrogens (tertiary/aromatic N) is 3. The van der Waals surface area contributed by atoms with Crippen LogP contribution in [0, 0.1) is 12.8 Å². The largest absolute Gasteiger partial charge is 0.437 e. The van der Waals surface area contributed by atoms with Crippen molar-refractivity contribution >= 4 is 34.8 Å². The summed E-state index contributed by atoms with van der Waals surface area (Å²) < 4.78 is 6.57. The van der Waals surface area contributed by atoms with E-state index in [0.29, 0.717) is 17.8 Å². The molecule has 0 spiro atoms. The Labute approximate surface area is 220 Å². The number of allylic oxidation sites excluding steroid dienone is 1. The van der Waals surface area contributed by atoms with Crippen LogP contribution >= 0.6 is 0 Å². The number of hydrogen-bond donors (Lipinski definition) is 3. The van der Waals surface area contributed by atoms with Crippen LogP contribution in [0.15, 0.2) is 64.7 Å². The number of hydrogen-bond acceptors (Lipinski definition) is 5. The van der Waals surface area contributed by atoms with Gasteiger partial charge in [0.2, 0.25) is 11.8 Å². The van der Waals surface area contributed by atoms with Gasteiger partial charge in [0.15, 0.2) is 0 Å². The molecular weight excluding hydrogens is 460 g/mol. The van der Waals surface area contributed by atoms with Crippen molar-refractivity contribution in [3.05, 3.63) is 65.9 Å². The van der Waals surface area contributed by atoms with E-state index in [0.717, 1.165) is 71.5 Å². The molecule has 2 heterocycles. The normalized spacial score (nSPS) is 16.6. The average molecular weight is 499 g/mol. The van der Waals surface area contributed by atoms with Crippen LogP contribution in [-0.2, 0) is 0 Å². The van der Waals surface area contributed by atoms with Gasteiger partial charge in [-0.3, -0.25) is 0 Å². The third-order valence-electron chi connectivity index (χ3n) is 6.43. The van der Waals surface area contributed by atoms with E-state index in [-0.39, 0.29) is 6.04 Å². The number of benzene rings is 2. The molecule has 4 rings (SSSR count). The van der Waals surface area contributed by atoms with Crippen LogP contribution in [0.2, 0.25) is 0 Å². The molecule has 0 bridgehead atoms. The smallest absolute Gasteiger partial charge is 0.228 e. The number of guanidine groups is 1. The molecule has 2 aromatic carbocycles. The van der Waals surface area contributed by atoms with E-state index < -0.39 is 0 Å². The van der Waals surface area contributed by atoms with Gasteiger partial charge in [0.1, 0.15) is 5.75 Å². The van der Waals surface area contributed by atoms with E-state index in [9.17, 15) is 0 Å². The minimum absolute atomic E-state index is 0.182. The highest BCUT2D eigenvalue weighted by molar-refractivity contribution is 5.99. The fourth-order valence-electron chi connectivity index (χ4n) is 4.46. The van der Waals surface area contributed by atoms with Crippen LogP contribution < -0.4 is 20.7 Å². The van der Waals surface area contributed by atoms with Gasteiger partial charge < -0.3 is 20.7 Å². The lowest BCUT2D eigenvalue weighted by atomic mass is 10.0. The molecule has 37 heavy (non-hydrogen) atoms. The average Bonchev–Trinajstić information content (AvgIpc) is 2.92. The molecule has 7 heteroatoms. The Morgan fingerprint density at radius 3 is 2.81 bits per heavy atom. The topological polar surface area (TPSA) is 82.9 Å². The van der Waals surface area contributed by atoms with Crippen LogP contribution in [-0.4, -0.2) is 43.3 Å². The highest BCUT2D eigenvalue weighted by Crippen LogP contribution is 2.37. The predicted octanol–water partition coefficient (Wildman–Crippen LogP) is 6.16. The molecule has 1 aliphatic heterocycles. The molecular formula is C30H38N6O. The van der Waals surface area contributed by atoms with Crippen LogP contribution in [0.4, 0.5) is 5.69 Å². The minimum Gasteiger partial charge on any atom is -0.437 e. The molecule has 3 aromatic rings. The van der Waals surface area contributed by atoms with Crippen molar-refractivity contribution in [2.45, 2.75) is 46.6 Å². The Morgan fingerprint density at radius 2 is 2.08 bits per heavy atom. The Hall–Kier alpha value is -3.71. The molecule has 194 valence electrons. The highest BCUT2D eigenvalue weighted by atomic mass is 16.5. The molecule has 1 fully saturated rings. The predicted molar refractivity (Wildman–Crippen MR) is 156 cm³/mol. The Bertz CT molecular complexity index is 1290. The lowest BCUT2D eigenvalue weighted by Crippen LogP contribution is -2.34. The fourth-order valence-corrected chi connectivity index (χ4v) is 4.46. The molecule has 0 unspecified atom stereocenters. The standard InChI is InChI=1S/C30H38N6O/c1-6-26(36-30(31-5)35-22-10-8-16-32-19-22)25-12-9-17-33-29(25)37-28-21(4)14-15-23-24(28)11-7-13-27(23)34-18-20(2)3/h6-7,9,11-15,17,20,22,32,34H,5,8,10,16,18-19H2,1-4H3,(H,35,36)/b26-6-/t22-/m0/s1. The molecule has 1 atom stereocenters. The number of aromatic nitrogens is 1. The molecule has 1 aliphatic rings. The number of fused-ring (bicyclic) bond motifs is 1. The van der Waals surface area contributed by atoms with Crippen molar-refractivity contribution in [3.63, 3.8) is 0 Å². The second kappa shape index (κ2) is 12.5. The molecule has 1 aromatic heterocycles. The van der Waals surface area contributed by atoms with Gasteiger partial charge in [-0.1, -0.05) is 44.2 Å². The molecule has 0 aliphatic carbocycles. The number of anilines is 1. The zero-order valence-corrected chi connectivity index (χ0v) is 22.3. The fraction of sp³-hybridized carbons (Fsp3) is 0.367. The number of rotatable bonds is 8. The van der Waals surface area contributed by atoms with E-state index in [4.69, 9.17) is 9.73 Å². The summed E-state index contributed by atoms with van der Waals surface area (Å²) in [7, 11) is 0. The van der Waals surface area contributed by atoms with Crippen molar-refractivity contribution in [2.75, 3.05) is 25.0 Å². The number of nitrogens with one attached hydrogen (secondary N) is 3. The van der Waals surface area contributed by atoms with Gasteiger partial charge in [0.25, 0.3) is 0 Å². The van der Waals surface area contributed by atoms with Crippen LogP contribution in [0.3, 0.4) is 0 Å². The summed E-state index contributed by atoms with van der Waals surface area (Å²) in [6, 6.07) is 14.6. The minimum atomic E-state index is 0.182. The van der Waals surface area contributed by atoms with E-state index in [1.165, 1.54) is 0 Å². The quantitative estimate of drug-likeness (QED) is 0.256. The summed E-state index contributed by atoms with van der Waals surface area (Å²) in [6.07, 6.45) is 5.87. The Morgan fingerprint density at radius 1 is 1.22 bits per heavy atom. The molecule has 7 nitrogen and oxygen atoms in total. The number of piperidine rings is 1. The van der Waals surface area contributed by atoms with Crippen LogP contribution in [0.25, 0.3) is 16.5 Å². The first-order valence-electron chi connectivity index (χ1n) is 13.1. The van der Waals surface area contributed by atoms with Crippen LogP contribution in [0.5, 0.6) is 11.6 Å². The molecule has 0 amide bonds. The van der Waals surface area contributed by atoms with Crippen molar-refractivity contribution in [2.24, 2.45) is 15.9 Å². The summed E-state index contributed by atoms with van der Waals surface area (Å²) in [5, 5.41) is 12.5. The number of aliphatic imine (C=N–C) groups is 2. The van der Waals surface area contributed by atoms with E-state index in [2.05, 4.69) is 83.7 Å². The third-order valence-corrected chi connectivity index (χ3v) is 6.43. The molecule has 0 saturated carbocycles. The van der Waals surface area contributed by atoms with Gasteiger partial charge in [-0.2, -0.15) is 0 Å². The Balaban J connectivity index is 1.66. The van der Waals surface area contributed by atoms with E-state index in [1.54, 1.807) is 6.20 Å². The third kappa shape index (κ3) is 6.54. The lowest BCUT2D eigenvalue weighted by molar-refractivity contribution is 0.460. The lowest BCUT2D eigenvalue weighted by Gasteiger charge is -2.21. The number of ether oxygens (including phenoxy) is 1. The summed E-state index contributed by atoms with van der Waals surface area (Å²) >= 11 is 0. The van der Waals surface area contributed by atoms with Gasteiger partial charge in [-0.05, 0) is 69.6 Å². The second-order valence-electron chi connectivity index (χ2n) is 9.78. The SMILES string of the molecule is C=NC(=N[C@H]1CCCNC1)N/C(=C\C)c1cccnc1Oc1c(C)ccc2c(NCC(C)C)cccc12. The van der Waals surface area contributed by atoms with Gasteiger partial charge in [0, 0.05) is 41.4 Å². The van der Waals surface area contributed by atoms with Gasteiger partial charge in [-0.25, -0.2) is 15.0 Å². The van der Waals surface area contributed by atoms with Crippen molar-refractivity contribution < 1.29 is 4.74 Å². The maximum absolute atomic E-state index is 6.57. The molecule has 1 saturated heterocycles. The maximum Gasteiger partial charge on any atom is 0.228 e.